The Morgan fingerprint density at radius 3 is 2.67 bits per heavy atom. The van der Waals surface area contributed by atoms with Crippen molar-refractivity contribution in [2.24, 2.45) is 5.73 Å². The quantitative estimate of drug-likeness (QED) is 0.728. The number of hydrogen-bond donors (Lipinski definition) is 1. The molecule has 3 nitrogen and oxygen atoms in total. The van der Waals surface area contributed by atoms with Crippen LogP contribution in [0.1, 0.15) is 24.7 Å². The number of aromatic nitrogens is 2. The molecule has 2 N–H and O–H groups in total. The van der Waals surface area contributed by atoms with Crippen molar-refractivity contribution in [3.63, 3.8) is 0 Å². The summed E-state index contributed by atoms with van der Waals surface area (Å²) in [5.41, 5.74) is 7.61. The van der Waals surface area contributed by atoms with Gasteiger partial charge in [-0.2, -0.15) is 0 Å². The van der Waals surface area contributed by atoms with Gasteiger partial charge in [0.05, 0.1) is 11.4 Å². The predicted octanol–water partition coefficient (Wildman–Crippen LogP) is 1.06. The smallest absolute Gasteiger partial charge is 0.0587 e. The highest BCUT2D eigenvalue weighted by molar-refractivity contribution is 5.00. The summed E-state index contributed by atoms with van der Waals surface area (Å²) in [4.78, 5) is 8.39. The maximum absolute atomic E-state index is 5.62. The Balaban J connectivity index is 2.48. The average Bonchev–Trinajstić information content (AvgIpc) is 2.03. The molecule has 1 aromatic rings. The summed E-state index contributed by atoms with van der Waals surface area (Å²) in [7, 11) is 0. The van der Waals surface area contributed by atoms with E-state index in [2.05, 4.69) is 9.97 Å². The molecule has 1 aromatic heterocycles. The van der Waals surface area contributed by atoms with Crippen LogP contribution in [0, 0.1) is 6.92 Å². The average molecular weight is 165 g/mol. The van der Waals surface area contributed by atoms with Crippen molar-refractivity contribution >= 4 is 0 Å². The maximum Gasteiger partial charge on any atom is 0.0587 e. The SMILES string of the molecule is Cc1cnc(CC[C@@H](C)N)cn1. The summed E-state index contributed by atoms with van der Waals surface area (Å²) in [6.45, 7) is 3.93. The first-order valence-corrected chi connectivity index (χ1v) is 4.21. The Bertz CT molecular complexity index is 228. The van der Waals surface area contributed by atoms with Crippen LogP contribution in [0.15, 0.2) is 12.4 Å². The molecule has 0 spiro atoms. The van der Waals surface area contributed by atoms with Gasteiger partial charge < -0.3 is 5.73 Å². The first-order valence-electron chi connectivity index (χ1n) is 4.21. The van der Waals surface area contributed by atoms with E-state index in [0.717, 1.165) is 24.2 Å². The number of nitrogens with zero attached hydrogens (tertiary/aromatic N) is 2. The van der Waals surface area contributed by atoms with Crippen LogP contribution in [-0.4, -0.2) is 16.0 Å². The van der Waals surface area contributed by atoms with Crippen LogP contribution in [0.2, 0.25) is 0 Å². The number of hydrogen-bond acceptors (Lipinski definition) is 3. The highest BCUT2D eigenvalue weighted by Gasteiger charge is 1.97. The Morgan fingerprint density at radius 2 is 2.17 bits per heavy atom. The van der Waals surface area contributed by atoms with Crippen molar-refractivity contribution in [2.75, 3.05) is 0 Å². The van der Waals surface area contributed by atoms with E-state index in [4.69, 9.17) is 5.73 Å². The molecule has 0 aliphatic heterocycles. The molecule has 0 bridgehead atoms. The first kappa shape index (κ1) is 9.13. The van der Waals surface area contributed by atoms with Crippen molar-refractivity contribution < 1.29 is 0 Å². The van der Waals surface area contributed by atoms with E-state index in [1.54, 1.807) is 6.20 Å². The second-order valence-electron chi connectivity index (χ2n) is 3.17. The third kappa shape index (κ3) is 2.96. The third-order valence-corrected chi connectivity index (χ3v) is 1.69. The molecule has 1 atom stereocenters. The lowest BCUT2D eigenvalue weighted by Crippen LogP contribution is -2.15. The summed E-state index contributed by atoms with van der Waals surface area (Å²) in [5.74, 6) is 0. The van der Waals surface area contributed by atoms with Crippen LogP contribution in [0.3, 0.4) is 0 Å². The van der Waals surface area contributed by atoms with E-state index in [1.807, 2.05) is 20.0 Å². The molecule has 0 unspecified atom stereocenters. The van der Waals surface area contributed by atoms with E-state index in [9.17, 15) is 0 Å². The summed E-state index contributed by atoms with van der Waals surface area (Å²) in [6, 6.07) is 0.244. The molecule has 0 aromatic carbocycles. The van der Waals surface area contributed by atoms with Crippen molar-refractivity contribution in [3.8, 4) is 0 Å². The fraction of sp³-hybridized carbons (Fsp3) is 0.556. The van der Waals surface area contributed by atoms with Gasteiger partial charge in [0, 0.05) is 18.4 Å². The van der Waals surface area contributed by atoms with Gasteiger partial charge in [0.1, 0.15) is 0 Å². The van der Waals surface area contributed by atoms with Gasteiger partial charge in [0.2, 0.25) is 0 Å². The molecule has 12 heavy (non-hydrogen) atoms. The predicted molar refractivity (Wildman–Crippen MR) is 48.7 cm³/mol. The van der Waals surface area contributed by atoms with Gasteiger partial charge in [-0.25, -0.2) is 0 Å². The summed E-state index contributed by atoms with van der Waals surface area (Å²) in [5, 5.41) is 0. The fourth-order valence-corrected chi connectivity index (χ4v) is 0.924. The number of nitrogens with two attached hydrogens (primary N) is 1. The lowest BCUT2D eigenvalue weighted by molar-refractivity contribution is 0.656. The minimum absolute atomic E-state index is 0.244. The molecule has 0 aliphatic rings. The van der Waals surface area contributed by atoms with Crippen molar-refractivity contribution in [1.29, 1.82) is 0 Å². The number of aryl methyl sites for hydroxylation is 2. The monoisotopic (exact) mass is 165 g/mol. The van der Waals surface area contributed by atoms with E-state index in [-0.39, 0.29) is 6.04 Å². The molecule has 0 aliphatic carbocycles. The zero-order chi connectivity index (χ0) is 8.97. The van der Waals surface area contributed by atoms with E-state index < -0.39 is 0 Å². The Morgan fingerprint density at radius 1 is 1.42 bits per heavy atom. The molecule has 1 heterocycles. The molecule has 0 saturated carbocycles. The van der Waals surface area contributed by atoms with Gasteiger partial charge in [-0.3, -0.25) is 9.97 Å². The molecule has 1 rings (SSSR count). The van der Waals surface area contributed by atoms with Crippen LogP contribution in [0.5, 0.6) is 0 Å². The van der Waals surface area contributed by atoms with Gasteiger partial charge in [0.15, 0.2) is 0 Å². The molecular formula is C9H15N3. The van der Waals surface area contributed by atoms with E-state index in [0.29, 0.717) is 0 Å². The highest BCUT2D eigenvalue weighted by atomic mass is 14.8. The van der Waals surface area contributed by atoms with E-state index >= 15 is 0 Å². The zero-order valence-electron chi connectivity index (χ0n) is 7.62. The Labute approximate surface area is 73.0 Å². The van der Waals surface area contributed by atoms with Crippen LogP contribution < -0.4 is 5.73 Å². The standard InChI is InChI=1S/C9H15N3/c1-7(10)3-4-9-6-11-8(2)5-12-9/h5-7H,3-4,10H2,1-2H3/t7-/m1/s1. The molecule has 66 valence electrons. The van der Waals surface area contributed by atoms with Crippen molar-refractivity contribution in [1.82, 2.24) is 9.97 Å². The van der Waals surface area contributed by atoms with Gasteiger partial charge >= 0.3 is 0 Å². The van der Waals surface area contributed by atoms with E-state index in [1.165, 1.54) is 0 Å². The highest BCUT2D eigenvalue weighted by Crippen LogP contribution is 1.99. The van der Waals surface area contributed by atoms with Crippen molar-refractivity contribution in [3.05, 3.63) is 23.8 Å². The zero-order valence-corrected chi connectivity index (χ0v) is 7.62. The molecule has 0 fully saturated rings. The molecule has 0 saturated heterocycles. The molecule has 3 heteroatoms. The van der Waals surface area contributed by atoms with Gasteiger partial charge in [0.25, 0.3) is 0 Å². The lowest BCUT2D eigenvalue weighted by Gasteiger charge is -2.03. The second-order valence-corrected chi connectivity index (χ2v) is 3.17. The Hall–Kier alpha value is -0.960. The minimum atomic E-state index is 0.244. The molecule has 0 amide bonds. The normalized spacial score (nSPS) is 12.9. The summed E-state index contributed by atoms with van der Waals surface area (Å²) < 4.78 is 0. The topological polar surface area (TPSA) is 51.8 Å². The van der Waals surface area contributed by atoms with Crippen molar-refractivity contribution in [2.45, 2.75) is 32.7 Å². The largest absolute Gasteiger partial charge is 0.328 e. The third-order valence-electron chi connectivity index (χ3n) is 1.69. The molecule has 0 radical (unpaired) electrons. The van der Waals surface area contributed by atoms with Gasteiger partial charge in [-0.15, -0.1) is 0 Å². The molecular weight excluding hydrogens is 150 g/mol. The summed E-state index contributed by atoms with van der Waals surface area (Å²) >= 11 is 0. The fourth-order valence-electron chi connectivity index (χ4n) is 0.924. The van der Waals surface area contributed by atoms with Crippen LogP contribution in [-0.2, 0) is 6.42 Å². The minimum Gasteiger partial charge on any atom is -0.328 e. The Kier molecular flexibility index (Phi) is 3.17. The lowest BCUT2D eigenvalue weighted by atomic mass is 10.1. The van der Waals surface area contributed by atoms with Crippen LogP contribution in [0.25, 0.3) is 0 Å². The van der Waals surface area contributed by atoms with Gasteiger partial charge in [-0.1, -0.05) is 0 Å². The maximum atomic E-state index is 5.62. The van der Waals surface area contributed by atoms with Crippen LogP contribution >= 0.6 is 0 Å². The summed E-state index contributed by atoms with van der Waals surface area (Å²) in [6.07, 6.45) is 5.50. The number of rotatable bonds is 3. The second kappa shape index (κ2) is 4.16. The van der Waals surface area contributed by atoms with Gasteiger partial charge in [-0.05, 0) is 26.7 Å². The first-order chi connectivity index (χ1) is 5.68. The van der Waals surface area contributed by atoms with Crippen LogP contribution in [0.4, 0.5) is 0 Å².